The average molecular weight is 224 g/mol. The molecule has 1 N–H and O–H groups in total. The van der Waals surface area contributed by atoms with Crippen LogP contribution < -0.4 is 5.32 Å². The van der Waals surface area contributed by atoms with E-state index in [0.29, 0.717) is 5.69 Å². The number of rotatable bonds is 3. The molecule has 0 radical (unpaired) electrons. The van der Waals surface area contributed by atoms with Gasteiger partial charge in [0.2, 0.25) is 0 Å². The van der Waals surface area contributed by atoms with Crippen LogP contribution in [0.4, 0.5) is 15.8 Å². The standard InChI is InChI=1S/C11H13FN2O2/c1-11(2)6-10(11)13-8-3-7(12)4-9(5-8)14(15)16/h3-5,10,13H,6H2,1-2H3. The second-order valence-corrected chi connectivity index (χ2v) is 4.84. The first-order valence-corrected chi connectivity index (χ1v) is 5.10. The monoisotopic (exact) mass is 224 g/mol. The number of hydrogen-bond donors (Lipinski definition) is 1. The van der Waals surface area contributed by atoms with Gasteiger partial charge in [-0.2, -0.15) is 0 Å². The lowest BCUT2D eigenvalue weighted by Gasteiger charge is -2.08. The molecule has 1 aromatic rings. The third-order valence-corrected chi connectivity index (χ3v) is 2.95. The molecule has 0 spiro atoms. The fourth-order valence-corrected chi connectivity index (χ4v) is 1.68. The summed E-state index contributed by atoms with van der Waals surface area (Å²) in [4.78, 5) is 9.95. The Bertz CT molecular complexity index is 446. The minimum atomic E-state index is -0.591. The second-order valence-electron chi connectivity index (χ2n) is 4.84. The molecule has 1 unspecified atom stereocenters. The molecule has 0 amide bonds. The van der Waals surface area contributed by atoms with Gasteiger partial charge in [-0.3, -0.25) is 10.1 Å². The van der Waals surface area contributed by atoms with Crippen LogP contribution in [-0.2, 0) is 0 Å². The van der Waals surface area contributed by atoms with Crippen LogP contribution >= 0.6 is 0 Å². The van der Waals surface area contributed by atoms with E-state index in [4.69, 9.17) is 0 Å². The Hall–Kier alpha value is -1.65. The van der Waals surface area contributed by atoms with Gasteiger partial charge in [0.15, 0.2) is 0 Å². The lowest BCUT2D eigenvalue weighted by atomic mass is 10.2. The van der Waals surface area contributed by atoms with Crippen molar-refractivity contribution in [2.45, 2.75) is 26.3 Å². The van der Waals surface area contributed by atoms with E-state index >= 15 is 0 Å². The third-order valence-electron chi connectivity index (χ3n) is 2.95. The van der Waals surface area contributed by atoms with E-state index in [9.17, 15) is 14.5 Å². The first-order chi connectivity index (χ1) is 7.38. The van der Waals surface area contributed by atoms with E-state index in [2.05, 4.69) is 19.2 Å². The van der Waals surface area contributed by atoms with Crippen molar-refractivity contribution in [1.82, 2.24) is 0 Å². The van der Waals surface area contributed by atoms with Crippen LogP contribution in [0.15, 0.2) is 18.2 Å². The van der Waals surface area contributed by atoms with Gasteiger partial charge in [-0.15, -0.1) is 0 Å². The molecular weight excluding hydrogens is 211 g/mol. The minimum Gasteiger partial charge on any atom is -0.381 e. The predicted molar refractivity (Wildman–Crippen MR) is 58.9 cm³/mol. The smallest absolute Gasteiger partial charge is 0.274 e. The molecule has 1 aliphatic carbocycles. The number of nitro groups is 1. The van der Waals surface area contributed by atoms with E-state index in [1.807, 2.05) is 0 Å². The molecule has 0 aliphatic heterocycles. The number of nitrogens with zero attached hydrogens (tertiary/aromatic N) is 1. The lowest BCUT2D eigenvalue weighted by Crippen LogP contribution is -2.08. The van der Waals surface area contributed by atoms with Crippen molar-refractivity contribution in [3.05, 3.63) is 34.1 Å². The Labute approximate surface area is 92.6 Å². The maximum atomic E-state index is 13.1. The third kappa shape index (κ3) is 2.13. The van der Waals surface area contributed by atoms with Gasteiger partial charge in [-0.25, -0.2) is 4.39 Å². The second kappa shape index (κ2) is 3.43. The Morgan fingerprint density at radius 2 is 2.12 bits per heavy atom. The summed E-state index contributed by atoms with van der Waals surface area (Å²) in [6.07, 6.45) is 0.997. The summed E-state index contributed by atoms with van der Waals surface area (Å²) in [7, 11) is 0. The molecule has 1 atom stereocenters. The van der Waals surface area contributed by atoms with Crippen LogP contribution in [0.1, 0.15) is 20.3 Å². The van der Waals surface area contributed by atoms with Gasteiger partial charge in [0.05, 0.1) is 11.0 Å². The number of nitro benzene ring substituents is 1. The summed E-state index contributed by atoms with van der Waals surface area (Å²) in [5.74, 6) is -0.588. The fraction of sp³-hybridized carbons (Fsp3) is 0.455. The van der Waals surface area contributed by atoms with Gasteiger partial charge in [-0.05, 0) is 17.9 Å². The topological polar surface area (TPSA) is 55.2 Å². The van der Waals surface area contributed by atoms with E-state index in [1.54, 1.807) is 0 Å². The maximum Gasteiger partial charge on any atom is 0.274 e. The number of nitrogens with one attached hydrogen (secondary N) is 1. The predicted octanol–water partition coefficient (Wildman–Crippen LogP) is 2.94. The van der Waals surface area contributed by atoms with Crippen LogP contribution in [0.25, 0.3) is 0 Å². The van der Waals surface area contributed by atoms with Crippen LogP contribution in [0, 0.1) is 21.3 Å². The van der Waals surface area contributed by atoms with E-state index in [0.717, 1.165) is 12.5 Å². The lowest BCUT2D eigenvalue weighted by molar-refractivity contribution is -0.385. The van der Waals surface area contributed by atoms with Gasteiger partial charge in [-0.1, -0.05) is 13.8 Å². The molecule has 1 aliphatic rings. The molecule has 0 saturated heterocycles. The summed E-state index contributed by atoms with van der Waals surface area (Å²) in [6, 6.07) is 3.83. The molecule has 0 heterocycles. The number of benzene rings is 1. The number of halogens is 1. The minimum absolute atomic E-state index is 0.196. The molecule has 0 aromatic heterocycles. The molecule has 1 saturated carbocycles. The molecule has 86 valence electrons. The van der Waals surface area contributed by atoms with E-state index < -0.39 is 10.7 Å². The van der Waals surface area contributed by atoms with Gasteiger partial charge >= 0.3 is 0 Å². The van der Waals surface area contributed by atoms with Crippen LogP contribution in [0.5, 0.6) is 0 Å². The summed E-state index contributed by atoms with van der Waals surface area (Å²) in [5.41, 5.74) is 0.449. The highest BCUT2D eigenvalue weighted by Crippen LogP contribution is 2.46. The summed E-state index contributed by atoms with van der Waals surface area (Å²) < 4.78 is 13.1. The Morgan fingerprint density at radius 1 is 1.50 bits per heavy atom. The van der Waals surface area contributed by atoms with Gasteiger partial charge in [0.25, 0.3) is 5.69 Å². The molecule has 0 bridgehead atoms. The highest BCUT2D eigenvalue weighted by atomic mass is 19.1. The zero-order valence-electron chi connectivity index (χ0n) is 9.16. The van der Waals surface area contributed by atoms with Gasteiger partial charge in [0, 0.05) is 17.8 Å². The van der Waals surface area contributed by atoms with Crippen LogP contribution in [-0.4, -0.2) is 11.0 Å². The SMILES string of the molecule is CC1(C)CC1Nc1cc(F)cc([N+](=O)[O-])c1. The molecule has 5 heteroatoms. The van der Waals surface area contributed by atoms with Crippen molar-refractivity contribution in [2.75, 3.05) is 5.32 Å². The molecular formula is C11H13FN2O2. The quantitative estimate of drug-likeness (QED) is 0.634. The van der Waals surface area contributed by atoms with Crippen LogP contribution in [0.2, 0.25) is 0 Å². The van der Waals surface area contributed by atoms with Crippen molar-refractivity contribution in [2.24, 2.45) is 5.41 Å². The maximum absolute atomic E-state index is 13.1. The van der Waals surface area contributed by atoms with Crippen molar-refractivity contribution in [3.63, 3.8) is 0 Å². The molecule has 1 fully saturated rings. The fourth-order valence-electron chi connectivity index (χ4n) is 1.68. The normalized spacial score (nSPS) is 21.6. The summed E-state index contributed by atoms with van der Waals surface area (Å²) in [6.45, 7) is 4.19. The highest BCUT2D eigenvalue weighted by molar-refractivity contribution is 5.53. The zero-order valence-corrected chi connectivity index (χ0v) is 9.16. The molecule has 4 nitrogen and oxygen atoms in total. The van der Waals surface area contributed by atoms with Crippen LogP contribution in [0.3, 0.4) is 0 Å². The zero-order chi connectivity index (χ0) is 11.9. The largest absolute Gasteiger partial charge is 0.381 e. The molecule has 16 heavy (non-hydrogen) atoms. The first kappa shape index (κ1) is 10.9. The Balaban J connectivity index is 2.18. The van der Waals surface area contributed by atoms with Crippen molar-refractivity contribution >= 4 is 11.4 Å². The Kier molecular flexibility index (Phi) is 2.33. The van der Waals surface area contributed by atoms with Gasteiger partial charge < -0.3 is 5.32 Å². The van der Waals surface area contributed by atoms with Crippen molar-refractivity contribution < 1.29 is 9.31 Å². The van der Waals surface area contributed by atoms with E-state index in [1.165, 1.54) is 12.1 Å². The summed E-state index contributed by atoms with van der Waals surface area (Å²) >= 11 is 0. The highest BCUT2D eigenvalue weighted by Gasteiger charge is 2.45. The average Bonchev–Trinajstić information content (AvgIpc) is 2.72. The number of anilines is 1. The molecule has 2 rings (SSSR count). The van der Waals surface area contributed by atoms with Gasteiger partial charge in [0.1, 0.15) is 5.82 Å². The van der Waals surface area contributed by atoms with Crippen molar-refractivity contribution in [1.29, 1.82) is 0 Å². The van der Waals surface area contributed by atoms with Crippen molar-refractivity contribution in [3.8, 4) is 0 Å². The Morgan fingerprint density at radius 3 is 2.62 bits per heavy atom. The molecule has 1 aromatic carbocycles. The number of hydrogen-bond acceptors (Lipinski definition) is 3. The van der Waals surface area contributed by atoms with E-state index in [-0.39, 0.29) is 17.1 Å². The number of non-ortho nitro benzene ring substituents is 1. The summed E-state index contributed by atoms with van der Waals surface area (Å²) in [5, 5.41) is 13.6. The first-order valence-electron chi connectivity index (χ1n) is 5.10.